The quantitative estimate of drug-likeness (QED) is 0.603. The van der Waals surface area contributed by atoms with Gasteiger partial charge in [-0.15, -0.1) is 13.2 Å². The van der Waals surface area contributed by atoms with Gasteiger partial charge in [-0.25, -0.2) is 0 Å². The van der Waals surface area contributed by atoms with Gasteiger partial charge >= 0.3 is 0 Å². The maximum absolute atomic E-state index is 4.39. The molecule has 1 fully saturated rings. The van der Waals surface area contributed by atoms with E-state index >= 15 is 0 Å². The molecule has 0 spiro atoms. The third kappa shape index (κ3) is 3.50. The molecular formula is C12H25P. The zero-order valence-electron chi connectivity index (χ0n) is 9.55. The summed E-state index contributed by atoms with van der Waals surface area (Å²) in [7, 11) is 0. The molecule has 78 valence electrons. The maximum atomic E-state index is 4.39. The van der Waals surface area contributed by atoms with Gasteiger partial charge in [-0.1, -0.05) is 33.1 Å². The average molecular weight is 200 g/mol. The molecule has 0 bridgehead atoms. The van der Waals surface area contributed by atoms with Gasteiger partial charge in [-0.05, 0) is 37.2 Å². The standard InChI is InChI=1S/C12H25P/c1-5-13(3,4)10-9-12-8-6-7-11(12)2/h11-12H,3,5-10H2,1-2,4H3. The van der Waals surface area contributed by atoms with Gasteiger partial charge in [-0.2, -0.15) is 0 Å². The second-order valence-corrected chi connectivity index (χ2v) is 9.43. The molecule has 1 aliphatic rings. The Balaban J connectivity index is 2.30. The van der Waals surface area contributed by atoms with E-state index in [0.717, 1.165) is 11.8 Å². The SMILES string of the molecule is C=P(C)(CC)CCC1CCCC1C. The second kappa shape index (κ2) is 4.69. The fourth-order valence-corrected chi connectivity index (χ4v) is 3.56. The normalized spacial score (nSPS) is 33.2. The molecule has 0 nitrogen and oxygen atoms in total. The summed E-state index contributed by atoms with van der Waals surface area (Å²) in [4.78, 5) is 0. The van der Waals surface area contributed by atoms with Crippen LogP contribution in [0.3, 0.4) is 0 Å². The minimum absolute atomic E-state index is 0.752. The molecule has 0 heterocycles. The Labute approximate surface area is 84.1 Å². The molecule has 13 heavy (non-hydrogen) atoms. The second-order valence-electron chi connectivity index (χ2n) is 5.12. The fraction of sp³-hybridized carbons (Fsp3) is 0.917. The summed E-state index contributed by atoms with van der Waals surface area (Å²) in [5, 5.41) is 0. The lowest BCUT2D eigenvalue weighted by molar-refractivity contribution is 0.409. The van der Waals surface area contributed by atoms with E-state index in [4.69, 9.17) is 0 Å². The Morgan fingerprint density at radius 3 is 2.54 bits per heavy atom. The largest absolute Gasteiger partial charge is 0.115 e. The minimum Gasteiger partial charge on any atom is -0.115 e. The van der Waals surface area contributed by atoms with E-state index in [-0.39, 0.29) is 0 Å². The average Bonchev–Trinajstić information content (AvgIpc) is 2.48. The van der Waals surface area contributed by atoms with E-state index in [0.29, 0.717) is 0 Å². The van der Waals surface area contributed by atoms with E-state index in [1.165, 1.54) is 38.0 Å². The Bertz CT molecular complexity index is 195. The maximum Gasteiger partial charge on any atom is -0.0332 e. The highest BCUT2D eigenvalue weighted by Gasteiger charge is 2.23. The van der Waals surface area contributed by atoms with Crippen molar-refractivity contribution >= 4 is 13.2 Å². The van der Waals surface area contributed by atoms with Crippen LogP contribution in [0.5, 0.6) is 0 Å². The van der Waals surface area contributed by atoms with E-state index in [1.807, 2.05) is 0 Å². The molecule has 1 rings (SSSR count). The summed E-state index contributed by atoms with van der Waals surface area (Å²) in [5.74, 6) is 2.03. The lowest BCUT2D eigenvalue weighted by Gasteiger charge is -2.21. The van der Waals surface area contributed by atoms with Gasteiger partial charge in [0.15, 0.2) is 0 Å². The van der Waals surface area contributed by atoms with Crippen molar-refractivity contribution in [3.8, 4) is 0 Å². The molecule has 1 heteroatoms. The molecule has 0 radical (unpaired) electrons. The molecule has 3 unspecified atom stereocenters. The Morgan fingerprint density at radius 1 is 1.38 bits per heavy atom. The minimum atomic E-state index is -0.752. The molecule has 0 N–H and O–H groups in total. The first kappa shape index (κ1) is 11.4. The first-order valence-corrected chi connectivity index (χ1v) is 8.53. The summed E-state index contributed by atoms with van der Waals surface area (Å²) in [6, 6.07) is 0. The topological polar surface area (TPSA) is 0 Å². The van der Waals surface area contributed by atoms with E-state index in [9.17, 15) is 0 Å². The van der Waals surface area contributed by atoms with Crippen LogP contribution in [-0.4, -0.2) is 25.3 Å². The van der Waals surface area contributed by atoms with E-state index in [1.54, 1.807) is 0 Å². The predicted octanol–water partition coefficient (Wildman–Crippen LogP) is 3.91. The highest BCUT2D eigenvalue weighted by molar-refractivity contribution is 7.72. The van der Waals surface area contributed by atoms with Crippen LogP contribution < -0.4 is 0 Å². The number of rotatable bonds is 4. The van der Waals surface area contributed by atoms with Crippen LogP contribution in [0.2, 0.25) is 0 Å². The first-order chi connectivity index (χ1) is 6.05. The van der Waals surface area contributed by atoms with Gasteiger partial charge in [0.1, 0.15) is 0 Å². The van der Waals surface area contributed by atoms with Crippen molar-refractivity contribution in [2.24, 2.45) is 11.8 Å². The van der Waals surface area contributed by atoms with Crippen LogP contribution in [0, 0.1) is 11.8 Å². The molecule has 0 aromatic carbocycles. The monoisotopic (exact) mass is 200 g/mol. The Morgan fingerprint density at radius 2 is 2.08 bits per heavy atom. The van der Waals surface area contributed by atoms with Crippen molar-refractivity contribution in [2.75, 3.05) is 19.0 Å². The van der Waals surface area contributed by atoms with Crippen LogP contribution in [0.1, 0.15) is 39.5 Å². The van der Waals surface area contributed by atoms with Crippen LogP contribution in [0.25, 0.3) is 0 Å². The van der Waals surface area contributed by atoms with Crippen LogP contribution in [-0.2, 0) is 0 Å². The van der Waals surface area contributed by atoms with E-state index < -0.39 is 6.89 Å². The zero-order chi connectivity index (χ0) is 9.90. The third-order valence-electron chi connectivity index (χ3n) is 3.84. The molecular weight excluding hydrogens is 175 g/mol. The van der Waals surface area contributed by atoms with Crippen molar-refractivity contribution in [1.29, 1.82) is 0 Å². The molecule has 0 amide bonds. The van der Waals surface area contributed by atoms with Gasteiger partial charge in [0.2, 0.25) is 0 Å². The highest BCUT2D eigenvalue weighted by atomic mass is 31.2. The summed E-state index contributed by atoms with van der Waals surface area (Å²) >= 11 is 0. The fourth-order valence-electron chi connectivity index (χ4n) is 2.29. The lowest BCUT2D eigenvalue weighted by Crippen LogP contribution is -2.06. The number of hydrogen-bond donors (Lipinski definition) is 0. The van der Waals surface area contributed by atoms with Crippen molar-refractivity contribution < 1.29 is 0 Å². The van der Waals surface area contributed by atoms with Gasteiger partial charge < -0.3 is 0 Å². The molecule has 0 aliphatic heterocycles. The number of hydrogen-bond acceptors (Lipinski definition) is 0. The van der Waals surface area contributed by atoms with Gasteiger partial charge in [0.05, 0.1) is 0 Å². The zero-order valence-corrected chi connectivity index (χ0v) is 10.4. The van der Waals surface area contributed by atoms with Gasteiger partial charge in [-0.3, -0.25) is 0 Å². The molecule has 0 aromatic rings. The molecule has 1 saturated carbocycles. The molecule has 0 saturated heterocycles. The molecule has 3 atom stereocenters. The van der Waals surface area contributed by atoms with Crippen LogP contribution >= 0.6 is 6.89 Å². The lowest BCUT2D eigenvalue weighted by atomic mass is 9.96. The van der Waals surface area contributed by atoms with E-state index in [2.05, 4.69) is 26.8 Å². The Kier molecular flexibility index (Phi) is 4.10. The van der Waals surface area contributed by atoms with Crippen LogP contribution in [0.4, 0.5) is 0 Å². The predicted molar refractivity (Wildman–Crippen MR) is 66.5 cm³/mol. The van der Waals surface area contributed by atoms with Crippen LogP contribution in [0.15, 0.2) is 0 Å². The van der Waals surface area contributed by atoms with Crippen molar-refractivity contribution in [2.45, 2.75) is 39.5 Å². The Hall–Kier alpha value is 0.300. The summed E-state index contributed by atoms with van der Waals surface area (Å²) < 4.78 is 0. The smallest absolute Gasteiger partial charge is 0.0332 e. The summed E-state index contributed by atoms with van der Waals surface area (Å²) in [5.41, 5.74) is 0. The van der Waals surface area contributed by atoms with Crippen molar-refractivity contribution in [3.63, 3.8) is 0 Å². The third-order valence-corrected chi connectivity index (χ3v) is 6.71. The summed E-state index contributed by atoms with van der Waals surface area (Å²) in [6.07, 6.45) is 13.0. The van der Waals surface area contributed by atoms with Crippen molar-refractivity contribution in [1.82, 2.24) is 0 Å². The molecule has 0 aromatic heterocycles. The highest BCUT2D eigenvalue weighted by Crippen LogP contribution is 2.44. The first-order valence-electron chi connectivity index (χ1n) is 5.74. The van der Waals surface area contributed by atoms with Crippen molar-refractivity contribution in [3.05, 3.63) is 0 Å². The van der Waals surface area contributed by atoms with Gasteiger partial charge in [0.25, 0.3) is 0 Å². The summed E-state index contributed by atoms with van der Waals surface area (Å²) in [6.45, 7) is 6.39. The molecule has 1 aliphatic carbocycles. The van der Waals surface area contributed by atoms with Gasteiger partial charge in [0, 0.05) is 0 Å².